The summed E-state index contributed by atoms with van der Waals surface area (Å²) in [6, 6.07) is 3.35. The lowest BCUT2D eigenvalue weighted by Crippen LogP contribution is -1.82. The van der Waals surface area contributed by atoms with Gasteiger partial charge in [-0.1, -0.05) is 0 Å². The van der Waals surface area contributed by atoms with Gasteiger partial charge in [-0.05, 0) is 12.1 Å². The Balaban J connectivity index is 2.78. The molecule has 0 radical (unpaired) electrons. The molecular weight excluding hydrogens is 132 g/mol. The predicted molar refractivity (Wildman–Crippen MR) is 36.4 cm³/mol. The lowest BCUT2D eigenvalue weighted by atomic mass is 10.4. The Kier molecular flexibility index (Phi) is 2.07. The van der Waals surface area contributed by atoms with E-state index in [2.05, 4.69) is 5.10 Å². The average Bonchev–Trinajstić information content (AvgIpc) is 2.37. The van der Waals surface area contributed by atoms with Crippen LogP contribution in [0, 0.1) is 0 Å². The van der Waals surface area contributed by atoms with Gasteiger partial charge in [0.15, 0.2) is 0 Å². The second-order valence-electron chi connectivity index (χ2n) is 1.74. The van der Waals surface area contributed by atoms with Gasteiger partial charge in [0.2, 0.25) is 0 Å². The van der Waals surface area contributed by atoms with Gasteiger partial charge >= 0.3 is 0 Å². The van der Waals surface area contributed by atoms with Crippen LogP contribution in [0.25, 0.3) is 0 Å². The second kappa shape index (κ2) is 3.03. The number of aliphatic hydroxyl groups excluding tert-OH is 1. The summed E-state index contributed by atoms with van der Waals surface area (Å²) < 4.78 is 4.99. The van der Waals surface area contributed by atoms with E-state index in [4.69, 9.17) is 15.4 Å². The van der Waals surface area contributed by atoms with Crippen LogP contribution in [0.4, 0.5) is 0 Å². The van der Waals surface area contributed by atoms with Crippen LogP contribution in [0.1, 0.15) is 11.5 Å². The molecule has 10 heavy (non-hydrogen) atoms. The molecule has 0 aromatic carbocycles. The quantitative estimate of drug-likeness (QED) is 0.346. The molecule has 1 aromatic rings. The van der Waals surface area contributed by atoms with Crippen molar-refractivity contribution in [2.24, 2.45) is 10.9 Å². The Labute approximate surface area is 58.0 Å². The van der Waals surface area contributed by atoms with Crippen LogP contribution in [0.15, 0.2) is 21.7 Å². The number of hydrogen-bond donors (Lipinski definition) is 2. The fourth-order valence-electron chi connectivity index (χ4n) is 0.622. The van der Waals surface area contributed by atoms with Crippen molar-refractivity contribution in [1.82, 2.24) is 0 Å². The molecule has 4 nitrogen and oxygen atoms in total. The summed E-state index contributed by atoms with van der Waals surface area (Å²) >= 11 is 0. The Bertz CT molecular complexity index is 229. The summed E-state index contributed by atoms with van der Waals surface area (Å²) in [4.78, 5) is 0. The van der Waals surface area contributed by atoms with Crippen molar-refractivity contribution in [2.45, 2.75) is 6.61 Å². The molecule has 0 unspecified atom stereocenters. The molecule has 0 amide bonds. The maximum Gasteiger partial charge on any atom is 0.147 e. The minimum Gasteiger partial charge on any atom is -0.458 e. The molecule has 0 aliphatic carbocycles. The molecule has 0 saturated heterocycles. The van der Waals surface area contributed by atoms with E-state index < -0.39 is 0 Å². The van der Waals surface area contributed by atoms with Gasteiger partial charge in [-0.3, -0.25) is 0 Å². The van der Waals surface area contributed by atoms with E-state index in [1.165, 1.54) is 6.21 Å². The van der Waals surface area contributed by atoms with E-state index in [1.807, 2.05) is 0 Å². The Morgan fingerprint density at radius 3 is 3.00 bits per heavy atom. The van der Waals surface area contributed by atoms with E-state index in [0.717, 1.165) is 0 Å². The fourth-order valence-corrected chi connectivity index (χ4v) is 0.622. The average molecular weight is 140 g/mol. The number of aliphatic hydroxyl groups is 1. The monoisotopic (exact) mass is 140 g/mol. The van der Waals surface area contributed by atoms with Crippen LogP contribution in [-0.4, -0.2) is 11.3 Å². The summed E-state index contributed by atoms with van der Waals surface area (Å²) in [6.45, 7) is -0.0988. The molecule has 0 bridgehead atoms. The van der Waals surface area contributed by atoms with Crippen molar-refractivity contribution in [1.29, 1.82) is 0 Å². The van der Waals surface area contributed by atoms with Crippen molar-refractivity contribution < 1.29 is 9.52 Å². The van der Waals surface area contributed by atoms with Crippen LogP contribution in [0.2, 0.25) is 0 Å². The first kappa shape index (κ1) is 6.82. The summed E-state index contributed by atoms with van der Waals surface area (Å²) in [5.74, 6) is 5.92. The summed E-state index contributed by atoms with van der Waals surface area (Å²) in [6.07, 6.45) is 1.37. The molecule has 0 spiro atoms. The van der Waals surface area contributed by atoms with Crippen LogP contribution >= 0.6 is 0 Å². The normalized spacial score (nSPS) is 10.9. The largest absolute Gasteiger partial charge is 0.458 e. The van der Waals surface area contributed by atoms with E-state index in [0.29, 0.717) is 11.5 Å². The Morgan fingerprint density at radius 1 is 1.70 bits per heavy atom. The maximum absolute atomic E-state index is 8.55. The highest BCUT2D eigenvalue weighted by molar-refractivity contribution is 5.75. The summed E-state index contributed by atoms with van der Waals surface area (Å²) in [5, 5.41) is 11.8. The van der Waals surface area contributed by atoms with Crippen molar-refractivity contribution in [3.63, 3.8) is 0 Å². The van der Waals surface area contributed by atoms with Gasteiger partial charge in [0.25, 0.3) is 0 Å². The van der Waals surface area contributed by atoms with Gasteiger partial charge in [-0.15, -0.1) is 0 Å². The number of hydrazone groups is 1. The topological polar surface area (TPSA) is 71.8 Å². The number of hydrogen-bond acceptors (Lipinski definition) is 4. The van der Waals surface area contributed by atoms with Crippen LogP contribution < -0.4 is 5.84 Å². The second-order valence-corrected chi connectivity index (χ2v) is 1.74. The first-order valence-electron chi connectivity index (χ1n) is 2.79. The van der Waals surface area contributed by atoms with E-state index in [1.54, 1.807) is 12.1 Å². The highest BCUT2D eigenvalue weighted by Gasteiger charge is 1.95. The molecule has 0 aliphatic heterocycles. The van der Waals surface area contributed by atoms with Crippen molar-refractivity contribution in [3.8, 4) is 0 Å². The van der Waals surface area contributed by atoms with Crippen LogP contribution in [0.5, 0.6) is 0 Å². The summed E-state index contributed by atoms with van der Waals surface area (Å²) in [5.41, 5.74) is 0. The minimum atomic E-state index is -0.0988. The van der Waals surface area contributed by atoms with Gasteiger partial charge in [0.05, 0.1) is 6.21 Å². The van der Waals surface area contributed by atoms with E-state index in [-0.39, 0.29) is 6.61 Å². The van der Waals surface area contributed by atoms with Crippen molar-refractivity contribution >= 4 is 6.21 Å². The maximum atomic E-state index is 8.55. The molecule has 0 saturated carbocycles. The molecule has 54 valence electrons. The third kappa shape index (κ3) is 1.35. The number of nitrogens with zero attached hydrogens (tertiary/aromatic N) is 1. The highest BCUT2D eigenvalue weighted by atomic mass is 16.4. The number of rotatable bonds is 2. The standard InChI is InChI=1S/C6H8N2O2/c7-8-3-5-1-2-6(4-9)10-5/h1-3,9H,4,7H2/b8-3+. The number of furan rings is 1. The molecule has 0 atom stereocenters. The first-order chi connectivity index (χ1) is 4.86. The smallest absolute Gasteiger partial charge is 0.147 e. The van der Waals surface area contributed by atoms with E-state index in [9.17, 15) is 0 Å². The molecule has 3 N–H and O–H groups in total. The van der Waals surface area contributed by atoms with Crippen molar-refractivity contribution in [2.75, 3.05) is 0 Å². The molecule has 4 heteroatoms. The minimum absolute atomic E-state index is 0.0988. The third-order valence-corrected chi connectivity index (χ3v) is 1.04. The fraction of sp³-hybridized carbons (Fsp3) is 0.167. The molecule has 1 rings (SSSR count). The van der Waals surface area contributed by atoms with Gasteiger partial charge in [0, 0.05) is 0 Å². The number of nitrogens with two attached hydrogens (primary N) is 1. The molecule has 1 heterocycles. The zero-order chi connectivity index (χ0) is 7.40. The van der Waals surface area contributed by atoms with Gasteiger partial charge in [-0.2, -0.15) is 5.10 Å². The highest BCUT2D eigenvalue weighted by Crippen LogP contribution is 2.04. The van der Waals surface area contributed by atoms with Crippen LogP contribution in [0.3, 0.4) is 0 Å². The first-order valence-corrected chi connectivity index (χ1v) is 2.79. The predicted octanol–water partition coefficient (Wildman–Crippen LogP) is 0.0645. The third-order valence-electron chi connectivity index (χ3n) is 1.04. The van der Waals surface area contributed by atoms with Gasteiger partial charge in [-0.25, -0.2) is 0 Å². The molecule has 0 aliphatic rings. The molecular formula is C6H8N2O2. The summed E-state index contributed by atoms with van der Waals surface area (Å²) in [7, 11) is 0. The zero-order valence-corrected chi connectivity index (χ0v) is 5.32. The van der Waals surface area contributed by atoms with Crippen molar-refractivity contribution in [3.05, 3.63) is 23.7 Å². The van der Waals surface area contributed by atoms with Crippen LogP contribution in [-0.2, 0) is 6.61 Å². The van der Waals surface area contributed by atoms with Gasteiger partial charge < -0.3 is 15.4 Å². The zero-order valence-electron chi connectivity index (χ0n) is 5.32. The Hall–Kier alpha value is -1.29. The lowest BCUT2D eigenvalue weighted by Gasteiger charge is -1.84. The SMILES string of the molecule is N/N=C/c1ccc(CO)o1. The van der Waals surface area contributed by atoms with Gasteiger partial charge in [0.1, 0.15) is 18.1 Å². The lowest BCUT2D eigenvalue weighted by molar-refractivity contribution is 0.247. The van der Waals surface area contributed by atoms with E-state index >= 15 is 0 Å². The Morgan fingerprint density at radius 2 is 2.50 bits per heavy atom. The molecule has 0 fully saturated rings. The molecule has 1 aromatic heterocycles.